The van der Waals surface area contributed by atoms with Crippen LogP contribution in [-0.2, 0) is 27.6 Å². The van der Waals surface area contributed by atoms with Gasteiger partial charge in [-0.2, -0.15) is 0 Å². The molecule has 1 aromatic carbocycles. The van der Waals surface area contributed by atoms with Crippen molar-refractivity contribution in [2.45, 2.75) is 88.7 Å². The second-order valence-corrected chi connectivity index (χ2v) is 21.9. The first-order valence-corrected chi connectivity index (χ1v) is 17.7. The van der Waals surface area contributed by atoms with Crippen LogP contribution in [0.1, 0.15) is 41.5 Å². The molecule has 1 aromatic rings. The van der Waals surface area contributed by atoms with Gasteiger partial charge >= 0.3 is 17.4 Å². The zero-order valence-corrected chi connectivity index (χ0v) is 31.0. The molecular formula is C26H34Cl6NO9SSi. The standard InChI is InChI=1S/C26H34Cl6NO9SSi/c1-22(2,3)44(23(4,5)6)38-12-16-17-18(39-21(35)37-14-25(30,31)32)19(33-20(34)36-13-24(27,28)29)26(41-16,43-42-17)40-15-10-8-7-9-11-15/h7-11,16-19H,12-14H2,1-6H3,(H,33,34)/t16-,17+,18+,19-,26+/m1/s1. The van der Waals surface area contributed by atoms with E-state index in [4.69, 9.17) is 102 Å². The Morgan fingerprint density at radius 2 is 1.50 bits per heavy atom. The van der Waals surface area contributed by atoms with E-state index in [-0.39, 0.29) is 16.7 Å². The fraction of sp³-hybridized carbons (Fsp3) is 0.692. The molecule has 249 valence electrons. The Morgan fingerprint density at radius 3 is 2.05 bits per heavy atom. The molecular weight excluding hydrogens is 743 g/mol. The number of rotatable bonds is 9. The molecule has 0 saturated carbocycles. The van der Waals surface area contributed by atoms with Crippen LogP contribution in [0.5, 0.6) is 5.75 Å². The van der Waals surface area contributed by atoms with E-state index in [0.717, 1.165) is 12.0 Å². The van der Waals surface area contributed by atoms with E-state index in [2.05, 4.69) is 46.9 Å². The highest BCUT2D eigenvalue weighted by Crippen LogP contribution is 2.50. The van der Waals surface area contributed by atoms with Gasteiger partial charge in [-0.15, -0.1) is 0 Å². The van der Waals surface area contributed by atoms with Gasteiger partial charge in [0.1, 0.15) is 31.2 Å². The summed E-state index contributed by atoms with van der Waals surface area (Å²) >= 11 is 35.3. The minimum atomic E-state index is -1.90. The Hall–Kier alpha value is -0.253. The Balaban J connectivity index is 1.98. The first-order valence-electron chi connectivity index (χ1n) is 13.3. The van der Waals surface area contributed by atoms with Gasteiger partial charge in [-0.05, 0) is 22.2 Å². The molecule has 5 atom stereocenters. The predicted octanol–water partition coefficient (Wildman–Crippen LogP) is 8.13. The Kier molecular flexibility index (Phi) is 12.9. The Labute approximate surface area is 293 Å². The van der Waals surface area contributed by atoms with E-state index < -0.39 is 71.6 Å². The maximum Gasteiger partial charge on any atom is 0.508 e. The molecule has 1 radical (unpaired) electrons. The molecule has 1 N–H and O–H groups in total. The second-order valence-electron chi connectivity index (χ2n) is 12.0. The van der Waals surface area contributed by atoms with E-state index in [1.165, 1.54) is 0 Å². The summed E-state index contributed by atoms with van der Waals surface area (Å²) in [5.74, 6) is 0.358. The lowest BCUT2D eigenvalue weighted by atomic mass is 9.96. The van der Waals surface area contributed by atoms with E-state index in [9.17, 15) is 9.59 Å². The zero-order chi connectivity index (χ0) is 33.1. The molecule has 4 rings (SSSR count). The van der Waals surface area contributed by atoms with Crippen molar-refractivity contribution in [2.24, 2.45) is 0 Å². The summed E-state index contributed by atoms with van der Waals surface area (Å²) in [6.07, 6.45) is -5.30. The van der Waals surface area contributed by atoms with E-state index in [1.807, 2.05) is 0 Å². The van der Waals surface area contributed by atoms with E-state index in [1.54, 1.807) is 30.3 Å². The summed E-state index contributed by atoms with van der Waals surface area (Å²) in [6.45, 7) is 11.6. The molecule has 0 unspecified atom stereocenters. The molecule has 0 spiro atoms. The lowest BCUT2D eigenvalue weighted by molar-refractivity contribution is -0.277. The number of hydrogen-bond donors (Lipinski definition) is 1. The molecule has 10 nitrogen and oxygen atoms in total. The number of carbonyl (C=O) groups is 2. The van der Waals surface area contributed by atoms with Gasteiger partial charge in [0, 0.05) is 0 Å². The van der Waals surface area contributed by atoms with Crippen LogP contribution < -0.4 is 10.1 Å². The maximum absolute atomic E-state index is 12.9. The molecule has 44 heavy (non-hydrogen) atoms. The van der Waals surface area contributed by atoms with Crippen molar-refractivity contribution in [2.75, 3.05) is 19.8 Å². The van der Waals surface area contributed by atoms with Crippen molar-refractivity contribution in [1.82, 2.24) is 5.32 Å². The summed E-state index contributed by atoms with van der Waals surface area (Å²) < 4.78 is 37.4. The van der Waals surface area contributed by atoms with Crippen molar-refractivity contribution in [3.8, 4) is 5.75 Å². The highest BCUT2D eigenvalue weighted by atomic mass is 35.6. The SMILES string of the molecule is CC(C)(C)[Si](OC[C@H]1O[C@]2(Oc3ccccc3)SO[C@@H]1[C@H](OC(=O)OCC(Cl)(Cl)Cl)[C@H]2NC(=O)OCC(Cl)(Cl)Cl)C(C)(C)C. The smallest absolute Gasteiger partial charge is 0.449 e. The normalized spacial score (nSPS) is 25.8. The molecule has 1 amide bonds. The average Bonchev–Trinajstić information content (AvgIpc) is 2.86. The second kappa shape index (κ2) is 14.9. The van der Waals surface area contributed by atoms with Gasteiger partial charge in [0.2, 0.25) is 16.6 Å². The minimum Gasteiger partial charge on any atom is -0.449 e. The third-order valence-corrected chi connectivity index (χ3v) is 10.8. The maximum atomic E-state index is 12.9. The zero-order valence-electron chi connectivity index (χ0n) is 24.7. The van der Waals surface area contributed by atoms with Gasteiger partial charge in [-0.1, -0.05) is 129 Å². The molecule has 18 heteroatoms. The van der Waals surface area contributed by atoms with Crippen LogP contribution in [0.4, 0.5) is 9.59 Å². The molecule has 3 saturated heterocycles. The van der Waals surface area contributed by atoms with Gasteiger partial charge in [0.25, 0.3) is 0 Å². The van der Waals surface area contributed by atoms with Gasteiger partial charge in [-0.25, -0.2) is 9.59 Å². The van der Waals surface area contributed by atoms with Crippen LogP contribution >= 0.6 is 81.6 Å². The summed E-state index contributed by atoms with van der Waals surface area (Å²) in [5.41, 5.74) is 0. The monoisotopic (exact) mass is 774 g/mol. The summed E-state index contributed by atoms with van der Waals surface area (Å²) in [7, 11) is -1.47. The number of fused-ring (bicyclic) bond motifs is 3. The first-order chi connectivity index (χ1) is 20.1. The van der Waals surface area contributed by atoms with Crippen molar-refractivity contribution in [3.63, 3.8) is 0 Å². The molecule has 3 aliphatic heterocycles. The number of hydrogen-bond acceptors (Lipinski definition) is 10. The third-order valence-electron chi connectivity index (χ3n) is 5.97. The molecule has 3 fully saturated rings. The van der Waals surface area contributed by atoms with Crippen LogP contribution in [0, 0.1) is 0 Å². The van der Waals surface area contributed by atoms with Crippen molar-refractivity contribution in [3.05, 3.63) is 30.3 Å². The average molecular weight is 777 g/mol. The first kappa shape index (κ1) is 38.2. The number of alkyl halides is 6. The Bertz CT molecular complexity index is 1120. The number of nitrogens with one attached hydrogen (secondary N) is 1. The van der Waals surface area contributed by atoms with Gasteiger partial charge in [0.05, 0.1) is 18.6 Å². The van der Waals surface area contributed by atoms with Crippen molar-refractivity contribution in [1.29, 1.82) is 0 Å². The summed E-state index contributed by atoms with van der Waals surface area (Å²) in [4.78, 5) is 25.8. The lowest BCUT2D eigenvalue weighted by Crippen LogP contribution is -2.75. The quantitative estimate of drug-likeness (QED) is 0.114. The number of carbonyl (C=O) groups excluding carboxylic acids is 2. The largest absolute Gasteiger partial charge is 0.508 e. The molecule has 2 bridgehead atoms. The highest BCUT2D eigenvalue weighted by molar-refractivity contribution is 7.95. The number of amides is 1. The third kappa shape index (κ3) is 11.2. The number of para-hydroxylation sites is 1. The van der Waals surface area contributed by atoms with Crippen LogP contribution in [0.15, 0.2) is 30.3 Å². The Morgan fingerprint density at radius 1 is 0.932 bits per heavy atom. The van der Waals surface area contributed by atoms with Crippen molar-refractivity contribution >= 4 is 103 Å². The van der Waals surface area contributed by atoms with Crippen LogP contribution in [0.3, 0.4) is 0 Å². The fourth-order valence-corrected chi connectivity index (χ4v) is 9.62. The summed E-state index contributed by atoms with van der Waals surface area (Å²) in [5, 5.41) is 0.510. The van der Waals surface area contributed by atoms with Gasteiger partial charge in [-0.3, -0.25) is 4.18 Å². The van der Waals surface area contributed by atoms with E-state index >= 15 is 0 Å². The minimum absolute atomic E-state index is 0.0570. The lowest BCUT2D eigenvalue weighted by Gasteiger charge is -2.55. The molecule has 0 aliphatic carbocycles. The molecule has 3 heterocycles. The van der Waals surface area contributed by atoms with E-state index in [0.29, 0.717) is 5.75 Å². The summed E-state index contributed by atoms with van der Waals surface area (Å²) in [6, 6.07) is 7.38. The number of halogens is 6. The van der Waals surface area contributed by atoms with Crippen LogP contribution in [0.25, 0.3) is 0 Å². The van der Waals surface area contributed by atoms with Crippen molar-refractivity contribution < 1.29 is 41.9 Å². The van der Waals surface area contributed by atoms with Gasteiger partial charge in [0.15, 0.2) is 12.1 Å². The number of alkyl carbamates (subject to hydrolysis) is 1. The highest BCUT2D eigenvalue weighted by Gasteiger charge is 2.66. The number of ether oxygens (including phenoxy) is 5. The predicted molar refractivity (Wildman–Crippen MR) is 173 cm³/mol. The molecule has 3 aliphatic rings. The van der Waals surface area contributed by atoms with Crippen LogP contribution in [-0.4, -0.2) is 78.2 Å². The molecule has 0 aromatic heterocycles. The van der Waals surface area contributed by atoms with Crippen LogP contribution in [0.2, 0.25) is 10.1 Å². The topological polar surface area (TPSA) is 111 Å². The fourth-order valence-electron chi connectivity index (χ4n) is 4.78. The number of benzene rings is 1. The van der Waals surface area contributed by atoms with Gasteiger partial charge < -0.3 is 33.4 Å².